The van der Waals surface area contributed by atoms with Gasteiger partial charge in [0.2, 0.25) is 0 Å². The van der Waals surface area contributed by atoms with Crippen LogP contribution in [-0.2, 0) is 11.8 Å². The highest BCUT2D eigenvalue weighted by molar-refractivity contribution is 5.58. The van der Waals surface area contributed by atoms with Crippen molar-refractivity contribution in [2.45, 2.75) is 57.7 Å². The summed E-state index contributed by atoms with van der Waals surface area (Å²) in [5, 5.41) is 20.4. The van der Waals surface area contributed by atoms with E-state index >= 15 is 0 Å². The van der Waals surface area contributed by atoms with Crippen LogP contribution in [0.4, 0.5) is 0 Å². The molecule has 0 amide bonds. The average Bonchev–Trinajstić information content (AvgIpc) is 2.73. The van der Waals surface area contributed by atoms with Crippen molar-refractivity contribution < 1.29 is 14.9 Å². The van der Waals surface area contributed by atoms with Crippen molar-refractivity contribution in [1.82, 2.24) is 0 Å². The lowest BCUT2D eigenvalue weighted by molar-refractivity contribution is -0.0417. The normalized spacial score (nSPS) is 36.5. The molecule has 19 heavy (non-hydrogen) atoms. The van der Waals surface area contributed by atoms with E-state index in [1.807, 2.05) is 6.07 Å². The largest absolute Gasteiger partial charge is 0.504 e. The number of aromatic hydroxyl groups is 1. The van der Waals surface area contributed by atoms with Crippen LogP contribution in [0.2, 0.25) is 0 Å². The van der Waals surface area contributed by atoms with Gasteiger partial charge in [0, 0.05) is 11.0 Å². The van der Waals surface area contributed by atoms with Crippen LogP contribution < -0.4 is 4.74 Å². The lowest BCUT2D eigenvalue weighted by atomic mass is 9.62. The SMILES string of the molecule is CCc1ccc(O)c2c1C1(C)C(C)CCC(O)[C@@H]1O2. The number of hydrogen-bond acceptors (Lipinski definition) is 3. The third kappa shape index (κ3) is 1.54. The van der Waals surface area contributed by atoms with E-state index < -0.39 is 6.10 Å². The Morgan fingerprint density at radius 1 is 1.37 bits per heavy atom. The van der Waals surface area contributed by atoms with Crippen LogP contribution in [0, 0.1) is 5.92 Å². The van der Waals surface area contributed by atoms with Crippen molar-refractivity contribution in [3.05, 3.63) is 23.3 Å². The molecule has 3 nitrogen and oxygen atoms in total. The second kappa shape index (κ2) is 4.14. The number of hydrogen-bond donors (Lipinski definition) is 2. The van der Waals surface area contributed by atoms with Crippen molar-refractivity contribution in [1.29, 1.82) is 0 Å². The molecule has 0 aromatic heterocycles. The summed E-state index contributed by atoms with van der Waals surface area (Å²) in [6.07, 6.45) is 2.01. The molecule has 3 unspecified atom stereocenters. The second-order valence-electron chi connectivity index (χ2n) is 6.17. The third-order valence-corrected chi connectivity index (χ3v) is 5.25. The van der Waals surface area contributed by atoms with Gasteiger partial charge in [-0.05, 0) is 36.8 Å². The zero-order valence-corrected chi connectivity index (χ0v) is 11.8. The van der Waals surface area contributed by atoms with Crippen molar-refractivity contribution in [3.63, 3.8) is 0 Å². The smallest absolute Gasteiger partial charge is 0.165 e. The molecular weight excluding hydrogens is 240 g/mol. The molecule has 0 saturated heterocycles. The van der Waals surface area contributed by atoms with Gasteiger partial charge < -0.3 is 14.9 Å². The maximum atomic E-state index is 10.3. The minimum absolute atomic E-state index is 0.197. The molecule has 1 aromatic rings. The standard InChI is InChI=1S/C16H22O3/c1-4-10-6-8-11(17)14-13(10)16(3)9(2)5-7-12(18)15(16)19-14/h6,8-9,12,15,17-18H,4-5,7H2,1-3H3/t9?,12?,15-,16?/m0/s1. The molecule has 0 spiro atoms. The Kier molecular flexibility index (Phi) is 2.79. The quantitative estimate of drug-likeness (QED) is 0.818. The first-order chi connectivity index (χ1) is 9.00. The van der Waals surface area contributed by atoms with Crippen molar-refractivity contribution in [3.8, 4) is 11.5 Å². The van der Waals surface area contributed by atoms with E-state index in [0.29, 0.717) is 11.7 Å². The van der Waals surface area contributed by atoms with E-state index in [1.165, 1.54) is 5.56 Å². The minimum atomic E-state index is -0.447. The number of aliphatic hydroxyl groups excluding tert-OH is 1. The first-order valence-corrected chi connectivity index (χ1v) is 7.20. The summed E-state index contributed by atoms with van der Waals surface area (Å²) < 4.78 is 5.97. The summed E-state index contributed by atoms with van der Waals surface area (Å²) in [6.45, 7) is 6.52. The van der Waals surface area contributed by atoms with Crippen LogP contribution in [0.1, 0.15) is 44.7 Å². The fourth-order valence-corrected chi connectivity index (χ4v) is 3.89. The van der Waals surface area contributed by atoms with Gasteiger partial charge in [-0.3, -0.25) is 0 Å². The molecule has 1 heterocycles. The Bertz CT molecular complexity index is 511. The summed E-state index contributed by atoms with van der Waals surface area (Å²) in [6, 6.07) is 3.69. The predicted molar refractivity (Wildman–Crippen MR) is 73.7 cm³/mol. The third-order valence-electron chi connectivity index (χ3n) is 5.25. The lowest BCUT2D eigenvalue weighted by Crippen LogP contribution is -2.52. The lowest BCUT2D eigenvalue weighted by Gasteiger charge is -2.43. The van der Waals surface area contributed by atoms with E-state index in [9.17, 15) is 10.2 Å². The van der Waals surface area contributed by atoms with Crippen molar-refractivity contribution in [2.75, 3.05) is 0 Å². The number of aliphatic hydroxyl groups is 1. The Balaban J connectivity index is 2.23. The molecule has 1 aromatic carbocycles. The number of benzene rings is 1. The summed E-state index contributed by atoms with van der Waals surface area (Å²) in [5.41, 5.74) is 2.14. The molecule has 3 heteroatoms. The number of rotatable bonds is 1. The van der Waals surface area contributed by atoms with Crippen molar-refractivity contribution in [2.24, 2.45) is 5.92 Å². The van der Waals surface area contributed by atoms with Gasteiger partial charge in [0.05, 0.1) is 6.10 Å². The predicted octanol–water partition coefficient (Wildman–Crippen LogP) is 2.76. The maximum Gasteiger partial charge on any atom is 0.165 e. The number of fused-ring (bicyclic) bond motifs is 3. The number of phenols is 1. The summed E-state index contributed by atoms with van der Waals surface area (Å²) >= 11 is 0. The molecule has 3 rings (SSSR count). The Hall–Kier alpha value is -1.22. The molecule has 4 atom stereocenters. The summed E-state index contributed by atoms with van der Waals surface area (Å²) in [4.78, 5) is 0. The zero-order valence-electron chi connectivity index (χ0n) is 11.8. The first kappa shape index (κ1) is 12.8. The average molecular weight is 262 g/mol. The highest BCUT2D eigenvalue weighted by Gasteiger charge is 2.55. The summed E-state index contributed by atoms with van der Waals surface area (Å²) in [7, 11) is 0. The van der Waals surface area contributed by atoms with Crippen LogP contribution >= 0.6 is 0 Å². The molecule has 1 saturated carbocycles. The van der Waals surface area contributed by atoms with Gasteiger partial charge in [0.1, 0.15) is 6.10 Å². The second-order valence-corrected chi connectivity index (χ2v) is 6.17. The minimum Gasteiger partial charge on any atom is -0.504 e. The number of phenolic OH excluding ortho intramolecular Hbond substituents is 1. The monoisotopic (exact) mass is 262 g/mol. The van der Waals surface area contributed by atoms with Crippen LogP contribution in [0.15, 0.2) is 12.1 Å². The topological polar surface area (TPSA) is 49.7 Å². The molecular formula is C16H22O3. The molecule has 0 bridgehead atoms. The Morgan fingerprint density at radius 3 is 2.79 bits per heavy atom. The zero-order chi connectivity index (χ0) is 13.8. The highest BCUT2D eigenvalue weighted by atomic mass is 16.5. The molecule has 1 aliphatic heterocycles. The van der Waals surface area contributed by atoms with E-state index in [-0.39, 0.29) is 17.3 Å². The Morgan fingerprint density at radius 2 is 2.11 bits per heavy atom. The van der Waals surface area contributed by atoms with Gasteiger partial charge in [-0.1, -0.05) is 26.8 Å². The van der Waals surface area contributed by atoms with Gasteiger partial charge in [-0.2, -0.15) is 0 Å². The van der Waals surface area contributed by atoms with Crippen LogP contribution in [0.25, 0.3) is 0 Å². The van der Waals surface area contributed by atoms with Crippen LogP contribution in [-0.4, -0.2) is 22.4 Å². The number of aryl methyl sites for hydroxylation is 1. The maximum absolute atomic E-state index is 10.3. The van der Waals surface area contributed by atoms with Gasteiger partial charge in [-0.15, -0.1) is 0 Å². The first-order valence-electron chi connectivity index (χ1n) is 7.20. The van der Waals surface area contributed by atoms with Gasteiger partial charge in [0.15, 0.2) is 11.5 Å². The van der Waals surface area contributed by atoms with Gasteiger partial charge >= 0.3 is 0 Å². The molecule has 0 radical (unpaired) electrons. The molecule has 1 aliphatic carbocycles. The fraction of sp³-hybridized carbons (Fsp3) is 0.625. The Labute approximate surface area is 114 Å². The van der Waals surface area contributed by atoms with Crippen LogP contribution in [0.3, 0.4) is 0 Å². The van der Waals surface area contributed by atoms with E-state index in [2.05, 4.69) is 20.8 Å². The van der Waals surface area contributed by atoms with E-state index in [0.717, 1.165) is 24.8 Å². The highest BCUT2D eigenvalue weighted by Crippen LogP contribution is 2.56. The molecule has 1 fully saturated rings. The van der Waals surface area contributed by atoms with Crippen LogP contribution in [0.5, 0.6) is 11.5 Å². The number of ether oxygens (including phenoxy) is 1. The van der Waals surface area contributed by atoms with Crippen molar-refractivity contribution >= 4 is 0 Å². The van der Waals surface area contributed by atoms with Gasteiger partial charge in [0.25, 0.3) is 0 Å². The fourth-order valence-electron chi connectivity index (χ4n) is 3.89. The van der Waals surface area contributed by atoms with Gasteiger partial charge in [-0.25, -0.2) is 0 Å². The molecule has 104 valence electrons. The summed E-state index contributed by atoms with van der Waals surface area (Å²) in [5.74, 6) is 1.23. The van der Waals surface area contributed by atoms with E-state index in [1.54, 1.807) is 6.07 Å². The van der Waals surface area contributed by atoms with E-state index in [4.69, 9.17) is 4.74 Å². The molecule has 2 N–H and O–H groups in total. The molecule has 2 aliphatic rings.